The number of fused-ring (bicyclic) bond motifs is 1. The maximum atomic E-state index is 11.9. The lowest BCUT2D eigenvalue weighted by Gasteiger charge is -2.34. The smallest absolute Gasteiger partial charge is 0.249 e. The molecule has 3 aromatic rings. The number of amides is 1. The fourth-order valence-corrected chi connectivity index (χ4v) is 4.71. The standard InChI is InChI=1S/C27H31N3O2/c1-4-5-6-21-15-20-16-22(32-3)11-12-23(20)26(30-21)19-9-7-18(8-10-19)25-17(2)29-14-13-24(25)27(28)31/h7-14,16,21,26,30H,4-6,15H2,1-3H3,(H2,28,31)/t21-,26-/m0/s1. The van der Waals surface area contributed by atoms with Crippen LogP contribution >= 0.6 is 0 Å². The Balaban J connectivity index is 1.70. The predicted octanol–water partition coefficient (Wildman–Crippen LogP) is 4.96. The molecule has 166 valence electrons. The van der Waals surface area contributed by atoms with Gasteiger partial charge in [0.2, 0.25) is 5.91 Å². The Kier molecular flexibility index (Phi) is 6.56. The van der Waals surface area contributed by atoms with Crippen LogP contribution in [0.4, 0.5) is 0 Å². The molecule has 0 aliphatic carbocycles. The fraction of sp³-hybridized carbons (Fsp3) is 0.333. The highest BCUT2D eigenvalue weighted by Gasteiger charge is 2.27. The van der Waals surface area contributed by atoms with Crippen molar-refractivity contribution in [3.05, 3.63) is 82.7 Å². The molecule has 1 aliphatic heterocycles. The number of primary amides is 1. The van der Waals surface area contributed by atoms with Crippen LogP contribution in [0.5, 0.6) is 5.75 Å². The Bertz CT molecular complexity index is 1110. The molecule has 0 fully saturated rings. The van der Waals surface area contributed by atoms with Crippen LogP contribution in [0.25, 0.3) is 11.1 Å². The van der Waals surface area contributed by atoms with E-state index in [0.717, 1.165) is 35.4 Å². The second-order valence-corrected chi connectivity index (χ2v) is 8.51. The van der Waals surface area contributed by atoms with Crippen molar-refractivity contribution in [1.82, 2.24) is 10.3 Å². The molecule has 1 amide bonds. The number of methoxy groups -OCH3 is 1. The number of rotatable bonds is 7. The van der Waals surface area contributed by atoms with Crippen molar-refractivity contribution in [2.75, 3.05) is 7.11 Å². The van der Waals surface area contributed by atoms with Crippen LogP contribution in [0, 0.1) is 6.92 Å². The molecular weight excluding hydrogens is 398 g/mol. The van der Waals surface area contributed by atoms with Crippen molar-refractivity contribution in [3.63, 3.8) is 0 Å². The molecule has 32 heavy (non-hydrogen) atoms. The Labute approximate surface area is 190 Å². The molecule has 2 heterocycles. The molecule has 4 rings (SSSR count). The Hall–Kier alpha value is -3.18. The molecular formula is C27H31N3O2. The summed E-state index contributed by atoms with van der Waals surface area (Å²) in [5.74, 6) is 0.463. The van der Waals surface area contributed by atoms with Gasteiger partial charge >= 0.3 is 0 Å². The lowest BCUT2D eigenvalue weighted by Crippen LogP contribution is -2.39. The number of aromatic nitrogens is 1. The van der Waals surface area contributed by atoms with Gasteiger partial charge in [0.15, 0.2) is 0 Å². The first kappa shape index (κ1) is 22.0. The fourth-order valence-electron chi connectivity index (χ4n) is 4.71. The highest BCUT2D eigenvalue weighted by molar-refractivity contribution is 6.00. The van der Waals surface area contributed by atoms with Crippen LogP contribution < -0.4 is 15.8 Å². The number of nitrogens with two attached hydrogens (primary N) is 1. The molecule has 0 bridgehead atoms. The molecule has 2 atom stereocenters. The van der Waals surface area contributed by atoms with Crippen molar-refractivity contribution in [3.8, 4) is 16.9 Å². The van der Waals surface area contributed by atoms with Crippen LogP contribution in [0.1, 0.15) is 65.0 Å². The summed E-state index contributed by atoms with van der Waals surface area (Å²) < 4.78 is 5.48. The van der Waals surface area contributed by atoms with E-state index in [-0.39, 0.29) is 6.04 Å². The van der Waals surface area contributed by atoms with E-state index in [1.165, 1.54) is 29.5 Å². The van der Waals surface area contributed by atoms with E-state index in [2.05, 4.69) is 53.6 Å². The van der Waals surface area contributed by atoms with Gasteiger partial charge < -0.3 is 15.8 Å². The Morgan fingerprint density at radius 1 is 1.19 bits per heavy atom. The third kappa shape index (κ3) is 4.39. The number of hydrogen-bond acceptors (Lipinski definition) is 4. The highest BCUT2D eigenvalue weighted by atomic mass is 16.5. The third-order valence-corrected chi connectivity index (χ3v) is 6.37. The summed E-state index contributed by atoms with van der Waals surface area (Å²) in [6.45, 7) is 4.14. The van der Waals surface area contributed by atoms with E-state index in [9.17, 15) is 4.79 Å². The zero-order chi connectivity index (χ0) is 22.7. The van der Waals surface area contributed by atoms with E-state index in [1.54, 1.807) is 19.4 Å². The van der Waals surface area contributed by atoms with Gasteiger partial charge in [-0.05, 0) is 60.2 Å². The van der Waals surface area contributed by atoms with Gasteiger partial charge in [-0.2, -0.15) is 0 Å². The SMILES string of the molecule is CCCC[C@H]1Cc2cc(OC)ccc2[C@H](c2ccc(-c3c(C(N)=O)ccnc3C)cc2)N1. The molecule has 0 radical (unpaired) electrons. The molecule has 0 saturated heterocycles. The van der Waals surface area contributed by atoms with Crippen LogP contribution in [-0.4, -0.2) is 24.0 Å². The van der Waals surface area contributed by atoms with E-state index in [0.29, 0.717) is 11.6 Å². The summed E-state index contributed by atoms with van der Waals surface area (Å²) in [6.07, 6.45) is 6.19. The van der Waals surface area contributed by atoms with Crippen molar-refractivity contribution in [1.29, 1.82) is 0 Å². The van der Waals surface area contributed by atoms with Crippen LogP contribution in [0.15, 0.2) is 54.7 Å². The lowest BCUT2D eigenvalue weighted by atomic mass is 9.84. The third-order valence-electron chi connectivity index (χ3n) is 6.37. The molecule has 2 aromatic carbocycles. The van der Waals surface area contributed by atoms with Gasteiger partial charge in [0.1, 0.15) is 5.75 Å². The van der Waals surface area contributed by atoms with Crippen molar-refractivity contribution in [2.45, 2.75) is 51.6 Å². The van der Waals surface area contributed by atoms with E-state index >= 15 is 0 Å². The number of carbonyl (C=O) groups is 1. The molecule has 1 aromatic heterocycles. The zero-order valence-corrected chi connectivity index (χ0v) is 19.0. The molecule has 5 nitrogen and oxygen atoms in total. The number of nitrogens with one attached hydrogen (secondary N) is 1. The maximum absolute atomic E-state index is 11.9. The first-order chi connectivity index (χ1) is 15.5. The summed E-state index contributed by atoms with van der Waals surface area (Å²) in [5, 5.41) is 3.87. The highest BCUT2D eigenvalue weighted by Crippen LogP contribution is 2.35. The molecule has 5 heteroatoms. The lowest BCUT2D eigenvalue weighted by molar-refractivity contribution is 0.100. The van der Waals surface area contributed by atoms with Crippen molar-refractivity contribution in [2.24, 2.45) is 5.73 Å². The van der Waals surface area contributed by atoms with Crippen LogP contribution in [-0.2, 0) is 6.42 Å². The first-order valence-corrected chi connectivity index (χ1v) is 11.3. The second kappa shape index (κ2) is 9.53. The predicted molar refractivity (Wildman–Crippen MR) is 128 cm³/mol. The summed E-state index contributed by atoms with van der Waals surface area (Å²) in [6, 6.07) is 17.0. The van der Waals surface area contributed by atoms with E-state index < -0.39 is 5.91 Å². The molecule has 1 aliphatic rings. The number of aryl methyl sites for hydroxylation is 1. The molecule has 0 saturated carbocycles. The maximum Gasteiger partial charge on any atom is 0.249 e. The number of hydrogen-bond donors (Lipinski definition) is 2. The number of unbranched alkanes of at least 4 members (excludes halogenated alkanes) is 1. The summed E-state index contributed by atoms with van der Waals surface area (Å²) in [5.41, 5.74) is 12.5. The van der Waals surface area contributed by atoms with Gasteiger partial charge in [0, 0.05) is 23.5 Å². The number of pyridine rings is 1. The Morgan fingerprint density at radius 2 is 1.97 bits per heavy atom. The average molecular weight is 430 g/mol. The average Bonchev–Trinajstić information content (AvgIpc) is 2.81. The Morgan fingerprint density at radius 3 is 2.66 bits per heavy atom. The molecule has 3 N–H and O–H groups in total. The van der Waals surface area contributed by atoms with Gasteiger partial charge in [-0.1, -0.05) is 50.1 Å². The quantitative estimate of drug-likeness (QED) is 0.557. The van der Waals surface area contributed by atoms with Crippen molar-refractivity contribution < 1.29 is 9.53 Å². The summed E-state index contributed by atoms with van der Waals surface area (Å²) in [7, 11) is 1.72. The number of benzene rings is 2. The second-order valence-electron chi connectivity index (χ2n) is 8.51. The van der Waals surface area contributed by atoms with Crippen molar-refractivity contribution >= 4 is 5.91 Å². The normalized spacial score (nSPS) is 17.6. The van der Waals surface area contributed by atoms with Gasteiger partial charge in [-0.15, -0.1) is 0 Å². The number of ether oxygens (including phenoxy) is 1. The summed E-state index contributed by atoms with van der Waals surface area (Å²) in [4.78, 5) is 16.3. The first-order valence-electron chi connectivity index (χ1n) is 11.3. The van der Waals surface area contributed by atoms with Crippen LogP contribution in [0.3, 0.4) is 0 Å². The monoisotopic (exact) mass is 429 g/mol. The largest absolute Gasteiger partial charge is 0.497 e. The van der Waals surface area contributed by atoms with E-state index in [4.69, 9.17) is 10.5 Å². The van der Waals surface area contributed by atoms with Gasteiger partial charge in [0.25, 0.3) is 0 Å². The van der Waals surface area contributed by atoms with Gasteiger partial charge in [-0.25, -0.2) is 0 Å². The molecule has 0 unspecified atom stereocenters. The van der Waals surface area contributed by atoms with Gasteiger partial charge in [0.05, 0.1) is 18.7 Å². The molecule has 0 spiro atoms. The number of carbonyl (C=O) groups excluding carboxylic acids is 1. The summed E-state index contributed by atoms with van der Waals surface area (Å²) >= 11 is 0. The minimum Gasteiger partial charge on any atom is -0.497 e. The number of nitrogens with zero attached hydrogens (tertiary/aromatic N) is 1. The minimum atomic E-state index is -0.440. The zero-order valence-electron chi connectivity index (χ0n) is 19.0. The minimum absolute atomic E-state index is 0.117. The van der Waals surface area contributed by atoms with Gasteiger partial charge in [-0.3, -0.25) is 9.78 Å². The topological polar surface area (TPSA) is 77.2 Å². The van der Waals surface area contributed by atoms with Crippen LogP contribution in [0.2, 0.25) is 0 Å². The van der Waals surface area contributed by atoms with E-state index in [1.807, 2.05) is 13.0 Å².